The quantitative estimate of drug-likeness (QED) is 0.660. The predicted octanol–water partition coefficient (Wildman–Crippen LogP) is 1.99. The minimum Gasteiger partial charge on any atom is -0.465 e. The monoisotopic (exact) mass is 272 g/mol. The van der Waals surface area contributed by atoms with Gasteiger partial charge in [0.05, 0.1) is 12.2 Å². The number of nitrogens with zero attached hydrogens (tertiary/aromatic N) is 1. The van der Waals surface area contributed by atoms with Crippen LogP contribution < -0.4 is 5.73 Å². The summed E-state index contributed by atoms with van der Waals surface area (Å²) in [5.74, 6) is 3.72. The molecule has 1 heterocycles. The molecule has 0 spiro atoms. The highest BCUT2D eigenvalue weighted by Crippen LogP contribution is 2.30. The molecule has 0 saturated carbocycles. The second-order valence-corrected chi connectivity index (χ2v) is 3.41. The second kappa shape index (κ2) is 6.09. The molecule has 0 atom stereocenters. The third-order valence-corrected chi connectivity index (χ3v) is 1.95. The first-order chi connectivity index (χ1) is 8.84. The van der Waals surface area contributed by atoms with Crippen LogP contribution in [0.25, 0.3) is 0 Å². The first-order valence-corrected chi connectivity index (χ1v) is 5.32. The van der Waals surface area contributed by atoms with Crippen molar-refractivity contribution in [2.45, 2.75) is 19.5 Å². The Balaban J connectivity index is 2.96. The predicted molar refractivity (Wildman–Crippen MR) is 61.8 cm³/mol. The van der Waals surface area contributed by atoms with Crippen LogP contribution in [0, 0.1) is 11.8 Å². The van der Waals surface area contributed by atoms with Gasteiger partial charge in [-0.3, -0.25) is 4.79 Å². The molecule has 0 fully saturated rings. The number of anilines is 1. The summed E-state index contributed by atoms with van der Waals surface area (Å²) in [6.07, 6.45) is -4.93. The highest BCUT2D eigenvalue weighted by Gasteiger charge is 2.35. The lowest BCUT2D eigenvalue weighted by molar-refractivity contribution is -0.142. The molecule has 1 rings (SSSR count). The zero-order chi connectivity index (χ0) is 14.5. The van der Waals surface area contributed by atoms with E-state index in [-0.39, 0.29) is 24.4 Å². The van der Waals surface area contributed by atoms with E-state index in [1.165, 1.54) is 6.07 Å². The molecule has 0 aliphatic rings. The first kappa shape index (κ1) is 14.8. The van der Waals surface area contributed by atoms with Gasteiger partial charge in [0.1, 0.15) is 12.2 Å². The van der Waals surface area contributed by atoms with Crippen molar-refractivity contribution in [2.24, 2.45) is 0 Å². The van der Waals surface area contributed by atoms with Crippen molar-refractivity contribution in [3.8, 4) is 11.8 Å². The number of rotatable bonds is 2. The summed E-state index contributed by atoms with van der Waals surface area (Å²) < 4.78 is 42.6. The van der Waals surface area contributed by atoms with E-state index in [9.17, 15) is 18.0 Å². The number of ether oxygens (including phenoxy) is 1. The lowest BCUT2D eigenvalue weighted by Crippen LogP contribution is -2.12. The van der Waals surface area contributed by atoms with Gasteiger partial charge in [0.15, 0.2) is 5.69 Å². The number of nitrogens with two attached hydrogens (primary N) is 1. The molecule has 7 heteroatoms. The van der Waals surface area contributed by atoms with Crippen LogP contribution >= 0.6 is 0 Å². The number of nitrogen functional groups attached to an aromatic ring is 1. The number of esters is 1. The molecule has 102 valence electrons. The molecule has 0 saturated heterocycles. The Morgan fingerprint density at radius 3 is 2.74 bits per heavy atom. The highest BCUT2D eigenvalue weighted by molar-refractivity contribution is 5.72. The molecule has 0 bridgehead atoms. The van der Waals surface area contributed by atoms with Gasteiger partial charge in [0.2, 0.25) is 0 Å². The van der Waals surface area contributed by atoms with Crippen molar-refractivity contribution in [3.63, 3.8) is 0 Å². The second-order valence-electron chi connectivity index (χ2n) is 3.41. The Bertz CT molecular complexity index is 530. The number of halogens is 3. The standard InChI is InChI=1S/C12H11F3N2O2/c1-2-19-10(18)5-3-4-8-6-7-9(16)17-11(8)12(13,14)15/h6-7H,2,5H2,1H3,(H2,16,17). The molecule has 0 radical (unpaired) electrons. The molecular weight excluding hydrogens is 261 g/mol. The van der Waals surface area contributed by atoms with Crippen molar-refractivity contribution >= 4 is 11.8 Å². The molecule has 2 N–H and O–H groups in total. The Hall–Kier alpha value is -2.23. The van der Waals surface area contributed by atoms with Gasteiger partial charge in [-0.25, -0.2) is 4.98 Å². The summed E-state index contributed by atoms with van der Waals surface area (Å²) in [6.45, 7) is 1.81. The highest BCUT2D eigenvalue weighted by atomic mass is 19.4. The summed E-state index contributed by atoms with van der Waals surface area (Å²) in [5, 5.41) is 0. The van der Waals surface area contributed by atoms with Crippen molar-refractivity contribution in [3.05, 3.63) is 23.4 Å². The van der Waals surface area contributed by atoms with Crippen molar-refractivity contribution in [2.75, 3.05) is 12.3 Å². The number of aromatic nitrogens is 1. The molecule has 0 aliphatic carbocycles. The maximum atomic E-state index is 12.7. The van der Waals surface area contributed by atoms with Gasteiger partial charge in [-0.2, -0.15) is 13.2 Å². The molecule has 0 amide bonds. The van der Waals surface area contributed by atoms with Crippen molar-refractivity contribution in [1.29, 1.82) is 0 Å². The largest absolute Gasteiger partial charge is 0.465 e. The van der Waals surface area contributed by atoms with Crippen LogP contribution in [0.4, 0.5) is 19.0 Å². The average Bonchev–Trinajstić information content (AvgIpc) is 2.30. The Morgan fingerprint density at radius 1 is 1.47 bits per heavy atom. The van der Waals surface area contributed by atoms with E-state index in [2.05, 4.69) is 21.6 Å². The van der Waals surface area contributed by atoms with Crippen LogP contribution in [0.2, 0.25) is 0 Å². The molecule has 0 aliphatic heterocycles. The van der Waals surface area contributed by atoms with Crippen LogP contribution in [0.5, 0.6) is 0 Å². The molecule has 0 unspecified atom stereocenters. The molecule has 1 aromatic rings. The van der Waals surface area contributed by atoms with E-state index in [1.807, 2.05) is 0 Å². The van der Waals surface area contributed by atoms with Crippen LogP contribution in [0.15, 0.2) is 12.1 Å². The third kappa shape index (κ3) is 4.50. The van der Waals surface area contributed by atoms with E-state index in [0.717, 1.165) is 6.07 Å². The Kier molecular flexibility index (Phi) is 4.75. The van der Waals surface area contributed by atoms with Gasteiger partial charge in [0, 0.05) is 0 Å². The van der Waals surface area contributed by atoms with Crippen LogP contribution in [-0.2, 0) is 15.7 Å². The zero-order valence-electron chi connectivity index (χ0n) is 10.0. The Morgan fingerprint density at radius 2 is 2.16 bits per heavy atom. The fourth-order valence-corrected chi connectivity index (χ4v) is 1.21. The van der Waals surface area contributed by atoms with E-state index in [1.54, 1.807) is 6.92 Å². The molecule has 19 heavy (non-hydrogen) atoms. The molecule has 4 nitrogen and oxygen atoms in total. The molecule has 0 aromatic carbocycles. The number of carbonyl (C=O) groups excluding carboxylic acids is 1. The summed E-state index contributed by atoms with van der Waals surface area (Å²) >= 11 is 0. The SMILES string of the molecule is CCOC(=O)CC#Cc1ccc(N)nc1C(F)(F)F. The van der Waals surface area contributed by atoms with Crippen molar-refractivity contribution < 1.29 is 22.7 Å². The van der Waals surface area contributed by atoms with E-state index < -0.39 is 17.8 Å². The summed E-state index contributed by atoms with van der Waals surface area (Å²) in [6, 6.07) is 2.33. The fraction of sp³-hybridized carbons (Fsp3) is 0.333. The fourth-order valence-electron chi connectivity index (χ4n) is 1.21. The summed E-state index contributed by atoms with van der Waals surface area (Å²) in [4.78, 5) is 14.2. The van der Waals surface area contributed by atoms with Gasteiger partial charge in [-0.05, 0) is 19.1 Å². The third-order valence-electron chi connectivity index (χ3n) is 1.95. The number of carbonyl (C=O) groups is 1. The van der Waals surface area contributed by atoms with Gasteiger partial charge in [-0.1, -0.05) is 11.8 Å². The van der Waals surface area contributed by atoms with Gasteiger partial charge < -0.3 is 10.5 Å². The van der Waals surface area contributed by atoms with E-state index in [0.29, 0.717) is 0 Å². The lowest BCUT2D eigenvalue weighted by Gasteiger charge is -2.08. The van der Waals surface area contributed by atoms with Gasteiger partial charge >= 0.3 is 12.1 Å². The number of hydrogen-bond acceptors (Lipinski definition) is 4. The van der Waals surface area contributed by atoms with Crippen LogP contribution in [0.1, 0.15) is 24.6 Å². The zero-order valence-corrected chi connectivity index (χ0v) is 10.0. The van der Waals surface area contributed by atoms with Crippen LogP contribution in [-0.4, -0.2) is 17.6 Å². The van der Waals surface area contributed by atoms with Gasteiger partial charge in [-0.15, -0.1) is 0 Å². The number of pyridine rings is 1. The lowest BCUT2D eigenvalue weighted by atomic mass is 10.2. The molecule has 1 aromatic heterocycles. The van der Waals surface area contributed by atoms with E-state index >= 15 is 0 Å². The summed E-state index contributed by atoms with van der Waals surface area (Å²) in [7, 11) is 0. The topological polar surface area (TPSA) is 65.2 Å². The minimum absolute atomic E-state index is 0.192. The maximum Gasteiger partial charge on any atom is 0.434 e. The normalized spacial score (nSPS) is 10.5. The van der Waals surface area contributed by atoms with Crippen molar-refractivity contribution in [1.82, 2.24) is 4.98 Å². The number of hydrogen-bond donors (Lipinski definition) is 1. The number of alkyl halides is 3. The average molecular weight is 272 g/mol. The summed E-state index contributed by atoms with van der Waals surface area (Å²) in [5.41, 5.74) is 3.72. The van der Waals surface area contributed by atoms with Gasteiger partial charge in [0.25, 0.3) is 0 Å². The minimum atomic E-state index is -4.65. The smallest absolute Gasteiger partial charge is 0.434 e. The molecular formula is C12H11F3N2O2. The Labute approximate surface area is 107 Å². The first-order valence-electron chi connectivity index (χ1n) is 5.32. The van der Waals surface area contributed by atoms with E-state index in [4.69, 9.17) is 5.73 Å². The van der Waals surface area contributed by atoms with Crippen LogP contribution in [0.3, 0.4) is 0 Å². The maximum absolute atomic E-state index is 12.7.